The Morgan fingerprint density at radius 2 is 1.78 bits per heavy atom. The molecule has 1 saturated carbocycles. The van der Waals surface area contributed by atoms with Crippen LogP contribution in [0, 0.1) is 5.41 Å². The Balaban J connectivity index is 0.00000512. The first-order valence-electron chi connectivity index (χ1n) is 10.9. The molecule has 0 unspecified atom stereocenters. The van der Waals surface area contributed by atoms with Crippen LogP contribution < -0.4 is 15.4 Å². The van der Waals surface area contributed by atoms with E-state index in [4.69, 9.17) is 4.74 Å². The molecule has 0 heterocycles. The minimum atomic E-state index is -0.355. The van der Waals surface area contributed by atoms with Gasteiger partial charge in [0, 0.05) is 41.3 Å². The number of guanidine groups is 1. The summed E-state index contributed by atoms with van der Waals surface area (Å²) in [7, 11) is 7.05. The first-order chi connectivity index (χ1) is 14.8. The van der Waals surface area contributed by atoms with Crippen LogP contribution in [0.25, 0.3) is 0 Å². The molecule has 1 aromatic rings. The average molecular weight is 559 g/mol. The number of benzene rings is 1. The van der Waals surface area contributed by atoms with Crippen LogP contribution in [0.4, 0.5) is 0 Å². The summed E-state index contributed by atoms with van der Waals surface area (Å²) in [6.45, 7) is 3.79. The molecule has 0 radical (unpaired) electrons. The summed E-state index contributed by atoms with van der Waals surface area (Å²) < 4.78 is 5.59. The second-order valence-electron chi connectivity index (χ2n) is 8.46. The average Bonchev–Trinajstić information content (AvgIpc) is 3.23. The van der Waals surface area contributed by atoms with Gasteiger partial charge in [0.05, 0.1) is 12.0 Å². The largest absolute Gasteiger partial charge is 0.484 e. The highest BCUT2D eigenvalue weighted by molar-refractivity contribution is 14.0. The molecule has 180 valence electrons. The van der Waals surface area contributed by atoms with Crippen molar-refractivity contribution in [3.05, 3.63) is 29.8 Å². The van der Waals surface area contributed by atoms with Gasteiger partial charge in [-0.1, -0.05) is 25.0 Å². The number of carbonyl (C=O) groups is 2. The number of rotatable bonds is 9. The summed E-state index contributed by atoms with van der Waals surface area (Å²) in [6, 6.07) is 7.59. The molecule has 0 spiro atoms. The molecule has 0 saturated heterocycles. The summed E-state index contributed by atoms with van der Waals surface area (Å²) in [5.74, 6) is 1.43. The molecule has 2 rings (SSSR count). The molecule has 0 atom stereocenters. The van der Waals surface area contributed by atoms with E-state index in [1.165, 1.54) is 4.90 Å². The number of likely N-dealkylation sites (N-methyl/N-ethyl adjacent to an activating group) is 1. The maximum absolute atomic E-state index is 12.8. The van der Waals surface area contributed by atoms with Crippen molar-refractivity contribution in [2.24, 2.45) is 10.4 Å². The molecule has 2 N–H and O–H groups in total. The van der Waals surface area contributed by atoms with E-state index < -0.39 is 0 Å². The molecule has 0 bridgehead atoms. The van der Waals surface area contributed by atoms with Crippen molar-refractivity contribution in [1.82, 2.24) is 20.4 Å². The maximum Gasteiger partial charge on any atom is 0.259 e. The molecular formula is C23H38IN5O3. The van der Waals surface area contributed by atoms with E-state index in [0.717, 1.165) is 37.8 Å². The van der Waals surface area contributed by atoms with Gasteiger partial charge in [0.15, 0.2) is 12.6 Å². The lowest BCUT2D eigenvalue weighted by Gasteiger charge is -2.31. The molecule has 2 amide bonds. The standard InChI is InChI=1S/C23H37N5O3.HI/c1-6-24-22(26-17-23(12-7-8-13-23)21(30)28(4)5)25-15-18-10-9-11-19(14-18)31-16-20(29)27(2)3;/h9-11,14H,6-8,12-13,15-17H2,1-5H3,(H2,24,25,26);1H. The zero-order valence-corrected chi connectivity index (χ0v) is 22.3. The zero-order valence-electron chi connectivity index (χ0n) is 19.9. The fourth-order valence-electron chi connectivity index (χ4n) is 3.77. The molecule has 1 fully saturated rings. The number of hydrogen-bond donors (Lipinski definition) is 2. The Hall–Kier alpha value is -2.04. The van der Waals surface area contributed by atoms with Crippen molar-refractivity contribution in [2.75, 3.05) is 47.9 Å². The van der Waals surface area contributed by atoms with Gasteiger partial charge in [0.1, 0.15) is 5.75 Å². The van der Waals surface area contributed by atoms with Gasteiger partial charge in [-0.05, 0) is 37.5 Å². The van der Waals surface area contributed by atoms with Gasteiger partial charge in [0.25, 0.3) is 5.91 Å². The highest BCUT2D eigenvalue weighted by Gasteiger charge is 2.42. The summed E-state index contributed by atoms with van der Waals surface area (Å²) in [6.07, 6.45) is 3.97. The molecule has 1 aromatic carbocycles. The van der Waals surface area contributed by atoms with Crippen LogP contribution in [0.1, 0.15) is 38.2 Å². The van der Waals surface area contributed by atoms with E-state index in [0.29, 0.717) is 24.8 Å². The van der Waals surface area contributed by atoms with Gasteiger partial charge < -0.3 is 25.2 Å². The Labute approximate surface area is 209 Å². The van der Waals surface area contributed by atoms with Crippen molar-refractivity contribution < 1.29 is 14.3 Å². The van der Waals surface area contributed by atoms with E-state index in [9.17, 15) is 9.59 Å². The monoisotopic (exact) mass is 559 g/mol. The summed E-state index contributed by atoms with van der Waals surface area (Å²) in [5, 5.41) is 6.65. The van der Waals surface area contributed by atoms with Crippen LogP contribution >= 0.6 is 24.0 Å². The Bertz CT molecular complexity index is 777. The van der Waals surface area contributed by atoms with Crippen molar-refractivity contribution in [2.45, 2.75) is 39.2 Å². The number of nitrogens with one attached hydrogen (secondary N) is 2. The van der Waals surface area contributed by atoms with Crippen molar-refractivity contribution in [3.8, 4) is 5.75 Å². The summed E-state index contributed by atoms with van der Waals surface area (Å²) in [5.41, 5.74) is 0.624. The fourth-order valence-corrected chi connectivity index (χ4v) is 3.77. The SMILES string of the molecule is CCNC(=NCc1cccc(OCC(=O)N(C)C)c1)NCC1(C(=O)N(C)C)CCCC1.I. The first kappa shape index (κ1) is 28.0. The molecule has 1 aliphatic rings. The van der Waals surface area contributed by atoms with Gasteiger partial charge in [-0.25, -0.2) is 4.99 Å². The van der Waals surface area contributed by atoms with Gasteiger partial charge in [-0.15, -0.1) is 24.0 Å². The number of aliphatic imine (C=N–C) groups is 1. The highest BCUT2D eigenvalue weighted by Crippen LogP contribution is 2.38. The van der Waals surface area contributed by atoms with Crippen LogP contribution in [-0.2, 0) is 16.1 Å². The van der Waals surface area contributed by atoms with Crippen molar-refractivity contribution in [1.29, 1.82) is 0 Å². The predicted octanol–water partition coefficient (Wildman–Crippen LogP) is 2.48. The lowest BCUT2D eigenvalue weighted by molar-refractivity contribution is -0.138. The molecule has 0 aromatic heterocycles. The minimum Gasteiger partial charge on any atom is -0.484 e. The highest BCUT2D eigenvalue weighted by atomic mass is 127. The molecule has 1 aliphatic carbocycles. The summed E-state index contributed by atoms with van der Waals surface area (Å²) >= 11 is 0. The fraction of sp³-hybridized carbons (Fsp3) is 0.609. The lowest BCUT2D eigenvalue weighted by Crippen LogP contribution is -2.49. The number of carbonyl (C=O) groups excluding carboxylic acids is 2. The third-order valence-electron chi connectivity index (χ3n) is 5.54. The lowest BCUT2D eigenvalue weighted by atomic mass is 9.84. The van der Waals surface area contributed by atoms with Crippen molar-refractivity contribution >= 4 is 41.8 Å². The minimum absolute atomic E-state index is 0. The predicted molar refractivity (Wildman–Crippen MR) is 138 cm³/mol. The van der Waals surface area contributed by atoms with E-state index in [1.807, 2.05) is 45.3 Å². The number of nitrogens with zero attached hydrogens (tertiary/aromatic N) is 3. The van der Waals surface area contributed by atoms with Gasteiger partial charge in [-0.3, -0.25) is 9.59 Å². The first-order valence-corrected chi connectivity index (χ1v) is 10.9. The number of amides is 2. The topological polar surface area (TPSA) is 86.3 Å². The van der Waals surface area contributed by atoms with E-state index >= 15 is 0 Å². The summed E-state index contributed by atoms with van der Waals surface area (Å²) in [4.78, 5) is 32.4. The number of halogens is 1. The van der Waals surface area contributed by atoms with Crippen LogP contribution in [-0.4, -0.2) is 75.5 Å². The maximum atomic E-state index is 12.8. The van der Waals surface area contributed by atoms with Crippen LogP contribution in [0.3, 0.4) is 0 Å². The van der Waals surface area contributed by atoms with Crippen LogP contribution in [0.15, 0.2) is 29.3 Å². The third-order valence-corrected chi connectivity index (χ3v) is 5.54. The normalized spacial score (nSPS) is 14.8. The van der Waals surface area contributed by atoms with E-state index in [1.54, 1.807) is 19.0 Å². The second kappa shape index (κ2) is 13.5. The Morgan fingerprint density at radius 3 is 2.38 bits per heavy atom. The third kappa shape index (κ3) is 8.14. The molecule has 9 heteroatoms. The quantitative estimate of drug-likeness (QED) is 0.276. The van der Waals surface area contributed by atoms with Gasteiger partial charge in [0.2, 0.25) is 5.91 Å². The number of hydrogen-bond acceptors (Lipinski definition) is 4. The smallest absolute Gasteiger partial charge is 0.259 e. The van der Waals surface area contributed by atoms with E-state index in [2.05, 4.69) is 15.6 Å². The van der Waals surface area contributed by atoms with Gasteiger partial charge >= 0.3 is 0 Å². The molecule has 8 nitrogen and oxygen atoms in total. The van der Waals surface area contributed by atoms with Gasteiger partial charge in [-0.2, -0.15) is 0 Å². The molecule has 0 aliphatic heterocycles. The second-order valence-corrected chi connectivity index (χ2v) is 8.46. The van der Waals surface area contributed by atoms with E-state index in [-0.39, 0.29) is 47.8 Å². The Morgan fingerprint density at radius 1 is 1.09 bits per heavy atom. The van der Waals surface area contributed by atoms with Crippen molar-refractivity contribution in [3.63, 3.8) is 0 Å². The van der Waals surface area contributed by atoms with Crippen LogP contribution in [0.2, 0.25) is 0 Å². The molecular weight excluding hydrogens is 521 g/mol. The number of ether oxygens (including phenoxy) is 1. The Kier molecular flexibility index (Phi) is 11.8. The zero-order chi connectivity index (χ0) is 22.9. The molecule has 32 heavy (non-hydrogen) atoms. The van der Waals surface area contributed by atoms with Crippen LogP contribution in [0.5, 0.6) is 5.75 Å².